The highest BCUT2D eigenvalue weighted by Gasteiger charge is 2.18. The average Bonchev–Trinajstić information content (AvgIpc) is 2.44. The molecule has 1 aromatic carbocycles. The molecule has 1 aromatic rings. The van der Waals surface area contributed by atoms with Crippen molar-refractivity contribution < 1.29 is 10.0 Å². The summed E-state index contributed by atoms with van der Waals surface area (Å²) in [6.45, 7) is 5.03. The molecule has 1 rings (SSSR count). The number of nitrogens with zero attached hydrogens (tertiary/aromatic N) is 2. The molecule has 116 valence electrons. The Bertz CT molecular complexity index is 535. The minimum Gasteiger partial charge on any atom is -0.409 e. The molecule has 0 saturated heterocycles. The first-order valence-electron chi connectivity index (χ1n) is 6.55. The molecule has 1 amide bonds. The molecule has 0 fully saturated rings. The minimum atomic E-state index is -0.121. The van der Waals surface area contributed by atoms with Gasteiger partial charge in [0.05, 0.1) is 5.02 Å². The molecule has 0 radical (unpaired) electrons. The maximum Gasteiger partial charge on any atom is 0.253 e. The summed E-state index contributed by atoms with van der Waals surface area (Å²) in [6, 6.07) is 5.09. The molecular weight excluding hydrogens is 358 g/mol. The number of amidine groups is 1. The van der Waals surface area contributed by atoms with Crippen LogP contribution < -0.4 is 5.73 Å². The molecular formula is C14H19BrClN3O2. The molecule has 0 saturated carbocycles. The third kappa shape index (κ3) is 5.55. The molecule has 21 heavy (non-hydrogen) atoms. The summed E-state index contributed by atoms with van der Waals surface area (Å²) in [4.78, 5) is 14.2. The minimum absolute atomic E-state index is 0.102. The van der Waals surface area contributed by atoms with Crippen LogP contribution in [0.5, 0.6) is 0 Å². The van der Waals surface area contributed by atoms with Crippen molar-refractivity contribution in [3.05, 3.63) is 33.3 Å². The Morgan fingerprint density at radius 3 is 2.71 bits per heavy atom. The smallest absolute Gasteiger partial charge is 0.253 e. The second-order valence-electron chi connectivity index (χ2n) is 5.12. The van der Waals surface area contributed by atoms with Crippen molar-refractivity contribution in [2.75, 3.05) is 13.1 Å². The molecule has 0 spiro atoms. The average molecular weight is 377 g/mol. The number of carbonyl (C=O) groups excluding carboxylic acids is 1. The molecule has 3 N–H and O–H groups in total. The lowest BCUT2D eigenvalue weighted by molar-refractivity contribution is 0.0740. The van der Waals surface area contributed by atoms with Crippen LogP contribution in [-0.4, -0.2) is 34.9 Å². The molecule has 0 aliphatic rings. The van der Waals surface area contributed by atoms with E-state index >= 15 is 0 Å². The maximum absolute atomic E-state index is 12.6. The number of hydrogen-bond acceptors (Lipinski definition) is 3. The van der Waals surface area contributed by atoms with Crippen molar-refractivity contribution in [2.45, 2.75) is 20.3 Å². The van der Waals surface area contributed by atoms with E-state index in [9.17, 15) is 4.79 Å². The fraction of sp³-hybridized carbons (Fsp3) is 0.429. The topological polar surface area (TPSA) is 78.9 Å². The van der Waals surface area contributed by atoms with Crippen molar-refractivity contribution >= 4 is 39.3 Å². The molecule has 0 aromatic heterocycles. The number of hydrogen-bond donors (Lipinski definition) is 2. The van der Waals surface area contributed by atoms with Crippen LogP contribution in [0.25, 0.3) is 0 Å². The van der Waals surface area contributed by atoms with E-state index in [0.29, 0.717) is 36.0 Å². The molecule has 0 atom stereocenters. The Kier molecular flexibility index (Phi) is 6.98. The van der Waals surface area contributed by atoms with Crippen molar-refractivity contribution in [2.24, 2.45) is 16.8 Å². The molecule has 7 heteroatoms. The quantitative estimate of drug-likeness (QED) is 0.346. The first-order chi connectivity index (χ1) is 9.85. The Labute approximate surface area is 137 Å². The summed E-state index contributed by atoms with van der Waals surface area (Å²) in [6.07, 6.45) is 0.319. The number of halogens is 2. The number of nitrogens with two attached hydrogens (primary N) is 1. The summed E-state index contributed by atoms with van der Waals surface area (Å²) in [5, 5.41) is 12.0. The van der Waals surface area contributed by atoms with Gasteiger partial charge in [0.25, 0.3) is 5.91 Å². The third-order valence-electron chi connectivity index (χ3n) is 2.81. The monoisotopic (exact) mass is 375 g/mol. The highest BCUT2D eigenvalue weighted by molar-refractivity contribution is 9.10. The highest BCUT2D eigenvalue weighted by Crippen LogP contribution is 2.24. The Morgan fingerprint density at radius 2 is 2.19 bits per heavy atom. The van der Waals surface area contributed by atoms with Crippen LogP contribution >= 0.6 is 27.5 Å². The summed E-state index contributed by atoms with van der Waals surface area (Å²) in [5.74, 6) is 0.293. The van der Waals surface area contributed by atoms with Gasteiger partial charge in [-0.25, -0.2) is 0 Å². The summed E-state index contributed by atoms with van der Waals surface area (Å²) >= 11 is 9.33. The van der Waals surface area contributed by atoms with E-state index in [1.54, 1.807) is 23.1 Å². The molecule has 0 aliphatic heterocycles. The van der Waals surface area contributed by atoms with E-state index in [4.69, 9.17) is 22.5 Å². The van der Waals surface area contributed by atoms with Crippen LogP contribution in [0.2, 0.25) is 5.02 Å². The standard InChI is InChI=1S/C14H19BrClN3O2/c1-9(2)8-19(6-5-13(17)18-21)14(20)10-3-4-11(15)12(16)7-10/h3-4,7,9,21H,5-6,8H2,1-2H3,(H2,17,18). The highest BCUT2D eigenvalue weighted by atomic mass is 79.9. The fourth-order valence-electron chi connectivity index (χ4n) is 1.83. The van der Waals surface area contributed by atoms with Crippen LogP contribution in [0.3, 0.4) is 0 Å². The van der Waals surface area contributed by atoms with E-state index in [-0.39, 0.29) is 11.7 Å². The fourth-order valence-corrected chi connectivity index (χ4v) is 2.25. The van der Waals surface area contributed by atoms with Gasteiger partial charge in [-0.15, -0.1) is 0 Å². The maximum atomic E-state index is 12.6. The molecule has 0 heterocycles. The number of amides is 1. The van der Waals surface area contributed by atoms with Crippen molar-refractivity contribution in [3.63, 3.8) is 0 Å². The lowest BCUT2D eigenvalue weighted by Crippen LogP contribution is -2.36. The van der Waals surface area contributed by atoms with Crippen molar-refractivity contribution in [1.29, 1.82) is 0 Å². The third-order valence-corrected chi connectivity index (χ3v) is 4.04. The van der Waals surface area contributed by atoms with Gasteiger partial charge in [0.2, 0.25) is 0 Å². The molecule has 5 nitrogen and oxygen atoms in total. The lowest BCUT2D eigenvalue weighted by Gasteiger charge is -2.24. The van der Waals surface area contributed by atoms with Gasteiger partial charge in [-0.3, -0.25) is 4.79 Å². The summed E-state index contributed by atoms with van der Waals surface area (Å²) in [5.41, 5.74) is 5.99. The van der Waals surface area contributed by atoms with E-state index < -0.39 is 0 Å². The van der Waals surface area contributed by atoms with Gasteiger partial charge < -0.3 is 15.8 Å². The van der Waals surface area contributed by atoms with Crippen molar-refractivity contribution in [1.82, 2.24) is 4.90 Å². The van der Waals surface area contributed by atoms with E-state index in [0.717, 1.165) is 4.47 Å². The number of benzene rings is 1. The first kappa shape index (κ1) is 17.8. The van der Waals surface area contributed by atoms with Crippen LogP contribution in [0.1, 0.15) is 30.6 Å². The number of oxime groups is 1. The predicted octanol–water partition coefficient (Wildman–Crippen LogP) is 3.34. The van der Waals surface area contributed by atoms with Gasteiger partial charge in [0.15, 0.2) is 0 Å². The normalized spacial score (nSPS) is 11.8. The van der Waals surface area contributed by atoms with Gasteiger partial charge in [-0.05, 0) is 40.0 Å². The van der Waals surface area contributed by atoms with Gasteiger partial charge in [0.1, 0.15) is 5.84 Å². The van der Waals surface area contributed by atoms with Crippen LogP contribution in [0, 0.1) is 5.92 Å². The van der Waals surface area contributed by atoms with E-state index in [1.165, 1.54) is 0 Å². The van der Waals surface area contributed by atoms with Crippen LogP contribution in [0.15, 0.2) is 27.8 Å². The molecule has 0 bridgehead atoms. The first-order valence-corrected chi connectivity index (χ1v) is 7.73. The van der Waals surface area contributed by atoms with Crippen LogP contribution in [0.4, 0.5) is 0 Å². The molecule has 0 aliphatic carbocycles. The zero-order valence-electron chi connectivity index (χ0n) is 12.0. The molecule has 0 unspecified atom stereocenters. The number of rotatable bonds is 6. The second-order valence-corrected chi connectivity index (χ2v) is 6.38. The second kappa shape index (κ2) is 8.24. The van der Waals surface area contributed by atoms with Gasteiger partial charge in [0, 0.05) is 29.5 Å². The van der Waals surface area contributed by atoms with E-state index in [1.807, 2.05) is 13.8 Å². The zero-order valence-corrected chi connectivity index (χ0v) is 14.4. The predicted molar refractivity (Wildman–Crippen MR) is 87.9 cm³/mol. The number of carbonyl (C=O) groups is 1. The Balaban J connectivity index is 2.90. The summed E-state index contributed by atoms with van der Waals surface area (Å²) in [7, 11) is 0. The summed E-state index contributed by atoms with van der Waals surface area (Å²) < 4.78 is 0.743. The largest absolute Gasteiger partial charge is 0.409 e. The zero-order chi connectivity index (χ0) is 16.0. The Morgan fingerprint density at radius 1 is 1.52 bits per heavy atom. The van der Waals surface area contributed by atoms with Gasteiger partial charge in [-0.1, -0.05) is 30.6 Å². The van der Waals surface area contributed by atoms with Gasteiger partial charge >= 0.3 is 0 Å². The Hall–Kier alpha value is -1.27. The lowest BCUT2D eigenvalue weighted by atomic mass is 10.1. The SMILES string of the molecule is CC(C)CN(CC/C(N)=N/O)C(=O)c1ccc(Br)c(Cl)c1. The van der Waals surface area contributed by atoms with Gasteiger partial charge in [-0.2, -0.15) is 0 Å². The van der Waals surface area contributed by atoms with Crippen molar-refractivity contribution in [3.8, 4) is 0 Å². The van der Waals surface area contributed by atoms with E-state index in [2.05, 4.69) is 21.1 Å². The van der Waals surface area contributed by atoms with Crippen LogP contribution in [-0.2, 0) is 0 Å².